The number of para-hydroxylation sites is 1. The lowest BCUT2D eigenvalue weighted by molar-refractivity contribution is 0.482. The molecule has 0 aliphatic carbocycles. The molecule has 4 aromatic carbocycles. The van der Waals surface area contributed by atoms with Gasteiger partial charge in [0.1, 0.15) is 11.5 Å². The van der Waals surface area contributed by atoms with Gasteiger partial charge < -0.3 is 4.74 Å². The Hall–Kier alpha value is -3.57. The molecule has 5 heteroatoms. The van der Waals surface area contributed by atoms with E-state index in [0.717, 1.165) is 16.9 Å². The zero-order chi connectivity index (χ0) is 24.2. The molecule has 34 heavy (non-hydrogen) atoms. The van der Waals surface area contributed by atoms with E-state index in [0.29, 0.717) is 11.4 Å². The van der Waals surface area contributed by atoms with E-state index in [1.807, 2.05) is 72.8 Å². The summed E-state index contributed by atoms with van der Waals surface area (Å²) in [5, 5.41) is 0. The van der Waals surface area contributed by atoms with Crippen LogP contribution in [-0.4, -0.2) is 8.42 Å². The molecular formula is C29H29NO3S. The molecule has 0 spiro atoms. The van der Waals surface area contributed by atoms with Crippen molar-refractivity contribution in [1.29, 1.82) is 0 Å². The second-order valence-corrected chi connectivity index (χ2v) is 11.0. The summed E-state index contributed by atoms with van der Waals surface area (Å²) in [4.78, 5) is 0.265. The highest BCUT2D eigenvalue weighted by Crippen LogP contribution is 2.30. The maximum Gasteiger partial charge on any atom is 0.264 e. The molecular weight excluding hydrogens is 442 g/mol. The average Bonchev–Trinajstić information content (AvgIpc) is 2.84. The van der Waals surface area contributed by atoms with Gasteiger partial charge >= 0.3 is 0 Å². The standard InChI is InChI=1S/C29H29NO3S/c1-29(2,3)24-14-20-28(21-15-24)34(31,32)30(22-23-10-6-4-7-11-23)25-16-18-27(19-17-25)33-26-12-8-5-9-13-26/h4-21H,22H2,1-3H3. The van der Waals surface area contributed by atoms with Crippen molar-refractivity contribution in [1.82, 2.24) is 0 Å². The van der Waals surface area contributed by atoms with Crippen LogP contribution in [0.5, 0.6) is 11.5 Å². The minimum atomic E-state index is -3.79. The smallest absolute Gasteiger partial charge is 0.264 e. The minimum absolute atomic E-state index is 0.0550. The van der Waals surface area contributed by atoms with Gasteiger partial charge in [0.25, 0.3) is 10.0 Å². The number of hydrogen-bond donors (Lipinski definition) is 0. The molecule has 0 aliphatic heterocycles. The van der Waals surface area contributed by atoms with Crippen LogP contribution in [0.4, 0.5) is 5.69 Å². The van der Waals surface area contributed by atoms with Crippen molar-refractivity contribution in [3.8, 4) is 11.5 Å². The Morgan fingerprint density at radius 2 is 1.21 bits per heavy atom. The van der Waals surface area contributed by atoms with Gasteiger partial charge in [-0.15, -0.1) is 0 Å². The highest BCUT2D eigenvalue weighted by atomic mass is 32.2. The predicted molar refractivity (Wildman–Crippen MR) is 138 cm³/mol. The van der Waals surface area contributed by atoms with E-state index in [9.17, 15) is 8.42 Å². The van der Waals surface area contributed by atoms with E-state index < -0.39 is 10.0 Å². The first-order valence-electron chi connectivity index (χ1n) is 11.2. The molecule has 4 aromatic rings. The quantitative estimate of drug-likeness (QED) is 0.287. The van der Waals surface area contributed by atoms with E-state index in [1.54, 1.807) is 36.4 Å². The first-order chi connectivity index (χ1) is 16.2. The lowest BCUT2D eigenvalue weighted by Crippen LogP contribution is -2.30. The molecule has 0 saturated carbocycles. The lowest BCUT2D eigenvalue weighted by Gasteiger charge is -2.26. The van der Waals surface area contributed by atoms with E-state index in [1.165, 1.54) is 4.31 Å². The Morgan fingerprint density at radius 3 is 1.76 bits per heavy atom. The Bertz CT molecular complexity index is 1310. The SMILES string of the molecule is CC(C)(C)c1ccc(S(=O)(=O)N(Cc2ccccc2)c2ccc(Oc3ccccc3)cc2)cc1. The molecule has 4 rings (SSSR count). The molecule has 0 saturated heterocycles. The molecule has 0 unspecified atom stereocenters. The first-order valence-corrected chi connectivity index (χ1v) is 12.7. The number of sulfonamides is 1. The van der Waals surface area contributed by atoms with E-state index in [2.05, 4.69) is 20.8 Å². The second kappa shape index (κ2) is 9.74. The summed E-state index contributed by atoms with van der Waals surface area (Å²) in [7, 11) is -3.79. The van der Waals surface area contributed by atoms with Crippen molar-refractivity contribution in [3.05, 3.63) is 120 Å². The van der Waals surface area contributed by atoms with Crippen molar-refractivity contribution in [2.24, 2.45) is 0 Å². The summed E-state index contributed by atoms with van der Waals surface area (Å²) in [5.41, 5.74) is 2.51. The maximum atomic E-state index is 13.8. The van der Waals surface area contributed by atoms with Crippen LogP contribution >= 0.6 is 0 Å². The molecule has 0 heterocycles. The highest BCUT2D eigenvalue weighted by Gasteiger charge is 2.26. The fourth-order valence-corrected chi connectivity index (χ4v) is 5.08. The topological polar surface area (TPSA) is 46.6 Å². The fourth-order valence-electron chi connectivity index (χ4n) is 3.62. The summed E-state index contributed by atoms with van der Waals surface area (Å²) in [6.45, 7) is 6.55. The predicted octanol–water partition coefficient (Wildman–Crippen LogP) is 7.17. The number of ether oxygens (including phenoxy) is 1. The van der Waals surface area contributed by atoms with Gasteiger partial charge in [-0.25, -0.2) is 8.42 Å². The second-order valence-electron chi connectivity index (χ2n) is 9.18. The molecule has 174 valence electrons. The van der Waals surface area contributed by atoms with Crippen molar-refractivity contribution in [2.45, 2.75) is 37.6 Å². The molecule has 0 aliphatic rings. The molecule has 0 fully saturated rings. The van der Waals surface area contributed by atoms with Crippen molar-refractivity contribution >= 4 is 15.7 Å². The van der Waals surface area contributed by atoms with Crippen molar-refractivity contribution < 1.29 is 13.2 Å². The molecule has 0 aromatic heterocycles. The van der Waals surface area contributed by atoms with Crippen LogP contribution in [0, 0.1) is 0 Å². The third-order valence-corrected chi connectivity index (χ3v) is 7.37. The summed E-state index contributed by atoms with van der Waals surface area (Å²) in [6, 6.07) is 33.4. The third kappa shape index (κ3) is 5.49. The van der Waals surface area contributed by atoms with Gasteiger partial charge in [-0.05, 0) is 65.1 Å². The van der Waals surface area contributed by atoms with Crippen LogP contribution in [0.15, 0.2) is 114 Å². The van der Waals surface area contributed by atoms with Gasteiger partial charge in [0.05, 0.1) is 17.1 Å². The van der Waals surface area contributed by atoms with Gasteiger partial charge in [-0.3, -0.25) is 4.31 Å². The molecule has 0 bridgehead atoms. The lowest BCUT2D eigenvalue weighted by atomic mass is 9.87. The highest BCUT2D eigenvalue weighted by molar-refractivity contribution is 7.92. The normalized spacial score (nSPS) is 11.7. The Morgan fingerprint density at radius 1 is 0.676 bits per heavy atom. The molecule has 0 N–H and O–H groups in total. The van der Waals surface area contributed by atoms with E-state index in [-0.39, 0.29) is 16.9 Å². The van der Waals surface area contributed by atoms with Gasteiger partial charge in [-0.2, -0.15) is 0 Å². The van der Waals surface area contributed by atoms with Crippen molar-refractivity contribution in [2.75, 3.05) is 4.31 Å². The largest absolute Gasteiger partial charge is 0.457 e. The number of anilines is 1. The summed E-state index contributed by atoms with van der Waals surface area (Å²) >= 11 is 0. The number of hydrogen-bond acceptors (Lipinski definition) is 3. The Kier molecular flexibility index (Phi) is 6.75. The molecule has 4 nitrogen and oxygen atoms in total. The Labute approximate surface area is 202 Å². The first kappa shape index (κ1) is 23.6. The van der Waals surface area contributed by atoms with Crippen LogP contribution in [-0.2, 0) is 22.0 Å². The monoisotopic (exact) mass is 471 g/mol. The molecule has 0 atom stereocenters. The van der Waals surface area contributed by atoms with Crippen LogP contribution in [0.1, 0.15) is 31.9 Å². The van der Waals surface area contributed by atoms with Crippen LogP contribution in [0.3, 0.4) is 0 Å². The summed E-state index contributed by atoms with van der Waals surface area (Å²) in [6.07, 6.45) is 0. The van der Waals surface area contributed by atoms with Gasteiger partial charge in [0.15, 0.2) is 0 Å². The number of rotatable bonds is 7. The van der Waals surface area contributed by atoms with Gasteiger partial charge in [0.2, 0.25) is 0 Å². The zero-order valence-electron chi connectivity index (χ0n) is 19.7. The molecule has 0 amide bonds. The molecule has 0 radical (unpaired) electrons. The summed E-state index contributed by atoms with van der Waals surface area (Å²) in [5.74, 6) is 1.37. The van der Waals surface area contributed by atoms with Crippen LogP contribution < -0.4 is 9.04 Å². The minimum Gasteiger partial charge on any atom is -0.457 e. The van der Waals surface area contributed by atoms with Gasteiger partial charge in [0, 0.05) is 0 Å². The average molecular weight is 472 g/mol. The summed E-state index contributed by atoms with van der Waals surface area (Å²) < 4.78 is 34.9. The maximum absolute atomic E-state index is 13.8. The van der Waals surface area contributed by atoms with E-state index >= 15 is 0 Å². The van der Waals surface area contributed by atoms with Crippen molar-refractivity contribution in [3.63, 3.8) is 0 Å². The number of nitrogens with zero attached hydrogens (tertiary/aromatic N) is 1. The van der Waals surface area contributed by atoms with Gasteiger partial charge in [-0.1, -0.05) is 81.4 Å². The third-order valence-electron chi connectivity index (χ3n) is 5.58. The van der Waals surface area contributed by atoms with E-state index in [4.69, 9.17) is 4.74 Å². The number of benzene rings is 4. The van der Waals surface area contributed by atoms with Crippen LogP contribution in [0.2, 0.25) is 0 Å². The zero-order valence-corrected chi connectivity index (χ0v) is 20.5. The van der Waals surface area contributed by atoms with Crippen LogP contribution in [0.25, 0.3) is 0 Å². The Balaban J connectivity index is 1.68. The fraction of sp³-hybridized carbons (Fsp3) is 0.172.